The van der Waals surface area contributed by atoms with E-state index in [1.807, 2.05) is 12.1 Å². The number of nitriles is 1. The highest BCUT2D eigenvalue weighted by molar-refractivity contribution is 5.75. The van der Waals surface area contributed by atoms with Crippen molar-refractivity contribution >= 4 is 11.6 Å². The smallest absolute Gasteiger partial charge is 0.244 e. The molecule has 2 aromatic carbocycles. The first-order valence-corrected chi connectivity index (χ1v) is 7.05. The molecule has 2 rings (SSSR count). The number of phenolic OH excluding ortho intramolecular Hbond substituents is 1. The second-order valence-corrected chi connectivity index (χ2v) is 4.94. The Balaban J connectivity index is 1.89. The Labute approximate surface area is 134 Å². The first kappa shape index (κ1) is 16.2. The number of carbonyl (C=O) groups is 1. The summed E-state index contributed by atoms with van der Waals surface area (Å²) in [5, 5.41) is 27.1. The molecular weight excluding hydrogens is 292 g/mol. The Morgan fingerprint density at radius 3 is 2.65 bits per heavy atom. The number of nitrogens with zero attached hydrogens (tertiary/aromatic N) is 4. The largest absolute Gasteiger partial charge is 0.508 e. The Morgan fingerprint density at radius 1 is 1.26 bits per heavy atom. The van der Waals surface area contributed by atoms with Crippen molar-refractivity contribution in [3.63, 3.8) is 0 Å². The highest BCUT2D eigenvalue weighted by atomic mass is 16.3. The topological polar surface area (TPSA) is 89.0 Å². The van der Waals surface area contributed by atoms with Crippen molar-refractivity contribution in [2.45, 2.75) is 12.8 Å². The highest BCUT2D eigenvalue weighted by Crippen LogP contribution is 2.15. The normalized spacial score (nSPS) is 10.4. The molecule has 0 saturated carbocycles. The lowest BCUT2D eigenvalue weighted by atomic mass is 10.1. The number of amides is 1. The monoisotopic (exact) mass is 308 g/mol. The zero-order valence-corrected chi connectivity index (χ0v) is 12.7. The molecular formula is C17H16N4O2. The van der Waals surface area contributed by atoms with Gasteiger partial charge < -0.3 is 5.11 Å². The molecule has 0 unspecified atom stereocenters. The molecule has 0 atom stereocenters. The summed E-state index contributed by atoms with van der Waals surface area (Å²) in [6.45, 7) is 0. The third-order valence-corrected chi connectivity index (χ3v) is 3.19. The summed E-state index contributed by atoms with van der Waals surface area (Å²) in [7, 11) is 1.54. The lowest BCUT2D eigenvalue weighted by molar-refractivity contribution is -0.130. The highest BCUT2D eigenvalue weighted by Gasteiger charge is 2.08. The predicted octanol–water partition coefficient (Wildman–Crippen LogP) is 3.35. The van der Waals surface area contributed by atoms with Crippen molar-refractivity contribution < 1.29 is 9.90 Å². The molecule has 0 saturated heterocycles. The summed E-state index contributed by atoms with van der Waals surface area (Å²) in [4.78, 5) is 12.0. The maximum absolute atomic E-state index is 12.0. The van der Waals surface area contributed by atoms with Gasteiger partial charge >= 0.3 is 0 Å². The van der Waals surface area contributed by atoms with Gasteiger partial charge in [-0.15, -0.1) is 5.11 Å². The number of hydrogen-bond acceptors (Lipinski definition) is 5. The van der Waals surface area contributed by atoms with Crippen molar-refractivity contribution in [2.75, 3.05) is 7.05 Å². The van der Waals surface area contributed by atoms with Crippen LogP contribution in [0.3, 0.4) is 0 Å². The van der Waals surface area contributed by atoms with Crippen molar-refractivity contribution in [2.24, 2.45) is 10.3 Å². The number of hydrogen-bond donors (Lipinski definition) is 1. The van der Waals surface area contributed by atoms with E-state index in [0.717, 1.165) is 5.56 Å². The van der Waals surface area contributed by atoms with Gasteiger partial charge in [-0.25, -0.2) is 5.01 Å². The molecule has 0 radical (unpaired) electrons. The molecule has 23 heavy (non-hydrogen) atoms. The number of carbonyl (C=O) groups excluding carboxylic acids is 1. The predicted molar refractivity (Wildman–Crippen MR) is 84.9 cm³/mol. The second kappa shape index (κ2) is 7.71. The summed E-state index contributed by atoms with van der Waals surface area (Å²) >= 11 is 0. The summed E-state index contributed by atoms with van der Waals surface area (Å²) in [5.74, 6) is 0.00884. The molecule has 0 aliphatic carbocycles. The minimum Gasteiger partial charge on any atom is -0.508 e. The lowest BCUT2D eigenvalue weighted by Gasteiger charge is -2.09. The van der Waals surface area contributed by atoms with Crippen LogP contribution < -0.4 is 0 Å². The van der Waals surface area contributed by atoms with Crippen LogP contribution in [-0.4, -0.2) is 23.1 Å². The van der Waals surface area contributed by atoms with Gasteiger partial charge in [0.2, 0.25) is 5.91 Å². The number of aromatic hydroxyl groups is 1. The van der Waals surface area contributed by atoms with E-state index in [-0.39, 0.29) is 18.1 Å². The maximum Gasteiger partial charge on any atom is 0.244 e. The Kier molecular flexibility index (Phi) is 5.42. The van der Waals surface area contributed by atoms with E-state index in [4.69, 9.17) is 5.26 Å². The molecule has 0 aromatic heterocycles. The minimum absolute atomic E-state index is 0.175. The van der Waals surface area contributed by atoms with E-state index in [0.29, 0.717) is 17.7 Å². The average Bonchev–Trinajstić information content (AvgIpc) is 2.58. The van der Waals surface area contributed by atoms with Gasteiger partial charge in [-0.1, -0.05) is 17.4 Å². The summed E-state index contributed by atoms with van der Waals surface area (Å²) in [5.41, 5.74) is 1.99. The molecule has 0 aliphatic rings. The van der Waals surface area contributed by atoms with Crippen LogP contribution in [0.5, 0.6) is 5.75 Å². The van der Waals surface area contributed by atoms with Gasteiger partial charge in [-0.3, -0.25) is 4.79 Å². The van der Waals surface area contributed by atoms with Crippen LogP contribution >= 0.6 is 0 Å². The van der Waals surface area contributed by atoms with Crippen LogP contribution in [0.25, 0.3) is 0 Å². The molecule has 0 bridgehead atoms. The Hall–Kier alpha value is -3.20. The molecule has 1 N–H and O–H groups in total. The van der Waals surface area contributed by atoms with Crippen molar-refractivity contribution in [1.29, 1.82) is 5.26 Å². The van der Waals surface area contributed by atoms with Gasteiger partial charge in [-0.2, -0.15) is 5.26 Å². The quantitative estimate of drug-likeness (QED) is 0.678. The zero-order chi connectivity index (χ0) is 16.7. The van der Waals surface area contributed by atoms with Gasteiger partial charge in [0.1, 0.15) is 5.75 Å². The molecule has 116 valence electrons. The number of benzene rings is 2. The van der Waals surface area contributed by atoms with Crippen LogP contribution in [0.2, 0.25) is 0 Å². The number of phenols is 1. The average molecular weight is 308 g/mol. The molecule has 0 heterocycles. The fourth-order valence-corrected chi connectivity index (χ4v) is 1.90. The van der Waals surface area contributed by atoms with Gasteiger partial charge in [-0.05, 0) is 48.4 Å². The van der Waals surface area contributed by atoms with Gasteiger partial charge in [0.25, 0.3) is 0 Å². The number of aryl methyl sites for hydroxylation is 1. The van der Waals surface area contributed by atoms with Crippen LogP contribution in [-0.2, 0) is 11.2 Å². The SMILES string of the molecule is CN(N=Nc1ccc(C#N)cc1)C(=O)CCc1cccc(O)c1. The van der Waals surface area contributed by atoms with Crippen LogP contribution in [0.15, 0.2) is 58.9 Å². The molecule has 6 nitrogen and oxygen atoms in total. The molecule has 0 fully saturated rings. The fourth-order valence-electron chi connectivity index (χ4n) is 1.90. The first-order valence-electron chi connectivity index (χ1n) is 7.05. The molecule has 2 aromatic rings. The van der Waals surface area contributed by atoms with Gasteiger partial charge in [0.15, 0.2) is 0 Å². The van der Waals surface area contributed by atoms with E-state index >= 15 is 0 Å². The molecule has 1 amide bonds. The minimum atomic E-state index is -0.175. The van der Waals surface area contributed by atoms with Crippen molar-refractivity contribution in [3.05, 3.63) is 59.7 Å². The van der Waals surface area contributed by atoms with Crippen LogP contribution in [0.4, 0.5) is 5.69 Å². The van der Waals surface area contributed by atoms with Gasteiger partial charge in [0, 0.05) is 13.5 Å². The van der Waals surface area contributed by atoms with Crippen molar-refractivity contribution in [1.82, 2.24) is 5.01 Å². The summed E-state index contributed by atoms with van der Waals surface area (Å²) in [6, 6.07) is 15.4. The van der Waals surface area contributed by atoms with E-state index < -0.39 is 0 Å². The zero-order valence-electron chi connectivity index (χ0n) is 12.7. The van der Waals surface area contributed by atoms with Gasteiger partial charge in [0.05, 0.1) is 17.3 Å². The maximum atomic E-state index is 12.0. The molecule has 0 aliphatic heterocycles. The van der Waals surface area contributed by atoms with E-state index in [1.54, 1.807) is 42.5 Å². The second-order valence-electron chi connectivity index (χ2n) is 4.94. The van der Waals surface area contributed by atoms with E-state index in [2.05, 4.69) is 10.3 Å². The third kappa shape index (κ3) is 4.93. The fraction of sp³-hybridized carbons (Fsp3) is 0.176. The Bertz CT molecular complexity index is 748. The third-order valence-electron chi connectivity index (χ3n) is 3.19. The molecule has 6 heteroatoms. The summed E-state index contributed by atoms with van der Waals surface area (Å²) in [6.07, 6.45) is 0.788. The number of rotatable bonds is 5. The summed E-state index contributed by atoms with van der Waals surface area (Å²) < 4.78 is 0. The Morgan fingerprint density at radius 2 is 2.00 bits per heavy atom. The first-order chi connectivity index (χ1) is 11.1. The lowest BCUT2D eigenvalue weighted by Crippen LogP contribution is -2.20. The standard InChI is InChI=1S/C17H16N4O2/c1-21(20-19-15-8-5-14(12-18)6-9-15)17(23)10-7-13-3-2-4-16(22)11-13/h2-6,8-9,11,22H,7,10H2,1H3. The van der Waals surface area contributed by atoms with E-state index in [1.165, 1.54) is 12.1 Å². The van der Waals surface area contributed by atoms with E-state index in [9.17, 15) is 9.90 Å². The van der Waals surface area contributed by atoms with Crippen LogP contribution in [0.1, 0.15) is 17.5 Å². The molecule has 0 spiro atoms. The van der Waals surface area contributed by atoms with Crippen molar-refractivity contribution in [3.8, 4) is 11.8 Å². The van der Waals surface area contributed by atoms with Crippen LogP contribution in [0, 0.1) is 11.3 Å².